The third-order valence-electron chi connectivity index (χ3n) is 2.58. The van der Waals surface area contributed by atoms with Crippen LogP contribution in [0.15, 0.2) is 42.5 Å². The SMILES string of the molecule is NC(=O)c1ccc(OCc2c(F)cccc2Cl)cc1. The molecule has 0 spiro atoms. The van der Waals surface area contributed by atoms with Gasteiger partial charge in [0.25, 0.3) is 0 Å². The Hall–Kier alpha value is -2.07. The van der Waals surface area contributed by atoms with Gasteiger partial charge in [-0.2, -0.15) is 0 Å². The lowest BCUT2D eigenvalue weighted by Crippen LogP contribution is -2.10. The molecule has 0 aliphatic rings. The third kappa shape index (κ3) is 3.23. The summed E-state index contributed by atoms with van der Waals surface area (Å²) in [6.45, 7) is 0.0153. The fraction of sp³-hybridized carbons (Fsp3) is 0.0714. The molecule has 5 heteroatoms. The van der Waals surface area contributed by atoms with Crippen molar-refractivity contribution in [3.8, 4) is 5.75 Å². The van der Waals surface area contributed by atoms with E-state index in [1.54, 1.807) is 30.3 Å². The number of amides is 1. The zero-order valence-electron chi connectivity index (χ0n) is 9.90. The van der Waals surface area contributed by atoms with Crippen LogP contribution in [0.3, 0.4) is 0 Å². The van der Waals surface area contributed by atoms with Crippen LogP contribution in [-0.2, 0) is 6.61 Å². The first-order chi connectivity index (χ1) is 9.08. The summed E-state index contributed by atoms with van der Waals surface area (Å²) in [6, 6.07) is 10.7. The molecule has 19 heavy (non-hydrogen) atoms. The molecular formula is C14H11ClFNO2. The number of carbonyl (C=O) groups is 1. The van der Waals surface area contributed by atoms with Gasteiger partial charge >= 0.3 is 0 Å². The Morgan fingerprint density at radius 3 is 2.47 bits per heavy atom. The van der Waals surface area contributed by atoms with Gasteiger partial charge in [0.1, 0.15) is 18.2 Å². The van der Waals surface area contributed by atoms with Crippen molar-refractivity contribution in [2.75, 3.05) is 0 Å². The van der Waals surface area contributed by atoms with E-state index in [2.05, 4.69) is 0 Å². The van der Waals surface area contributed by atoms with Crippen molar-refractivity contribution in [3.63, 3.8) is 0 Å². The topological polar surface area (TPSA) is 52.3 Å². The second-order valence-corrected chi connectivity index (χ2v) is 4.28. The number of primary amides is 1. The van der Waals surface area contributed by atoms with Gasteiger partial charge in [-0.1, -0.05) is 17.7 Å². The van der Waals surface area contributed by atoms with E-state index in [9.17, 15) is 9.18 Å². The van der Waals surface area contributed by atoms with Crippen molar-refractivity contribution in [2.24, 2.45) is 5.73 Å². The molecule has 0 radical (unpaired) electrons. The molecule has 0 fully saturated rings. The van der Waals surface area contributed by atoms with Crippen LogP contribution in [0.5, 0.6) is 5.75 Å². The number of rotatable bonds is 4. The Kier molecular flexibility index (Phi) is 4.02. The van der Waals surface area contributed by atoms with E-state index in [1.807, 2.05) is 0 Å². The summed E-state index contributed by atoms with van der Waals surface area (Å²) in [5.74, 6) is -0.422. The highest BCUT2D eigenvalue weighted by Crippen LogP contribution is 2.21. The van der Waals surface area contributed by atoms with Crippen LogP contribution in [-0.4, -0.2) is 5.91 Å². The molecule has 0 aromatic heterocycles. The maximum atomic E-state index is 13.5. The molecule has 2 aromatic carbocycles. The molecule has 0 unspecified atom stereocenters. The van der Waals surface area contributed by atoms with Gasteiger partial charge in [-0.3, -0.25) is 4.79 Å². The fourth-order valence-corrected chi connectivity index (χ4v) is 1.76. The van der Waals surface area contributed by atoms with Crippen LogP contribution >= 0.6 is 11.6 Å². The van der Waals surface area contributed by atoms with Crippen LogP contribution in [0.25, 0.3) is 0 Å². The second-order valence-electron chi connectivity index (χ2n) is 3.88. The van der Waals surface area contributed by atoms with Crippen molar-refractivity contribution in [1.82, 2.24) is 0 Å². The number of nitrogens with two attached hydrogens (primary N) is 1. The Labute approximate surface area is 114 Å². The normalized spacial score (nSPS) is 10.2. The minimum absolute atomic E-state index is 0.0153. The molecule has 2 N–H and O–H groups in total. The minimum Gasteiger partial charge on any atom is -0.489 e. The number of halogens is 2. The van der Waals surface area contributed by atoms with Crippen molar-refractivity contribution < 1.29 is 13.9 Å². The van der Waals surface area contributed by atoms with Crippen LogP contribution in [0.4, 0.5) is 4.39 Å². The quantitative estimate of drug-likeness (QED) is 0.935. The number of hydrogen-bond donors (Lipinski definition) is 1. The Bertz CT molecular complexity index is 579. The molecule has 0 bridgehead atoms. The van der Waals surface area contributed by atoms with Crippen molar-refractivity contribution in [3.05, 3.63) is 64.4 Å². The van der Waals surface area contributed by atoms with Gasteiger partial charge in [0.15, 0.2) is 0 Å². The van der Waals surface area contributed by atoms with Gasteiger partial charge < -0.3 is 10.5 Å². The fourth-order valence-electron chi connectivity index (χ4n) is 1.54. The van der Waals surface area contributed by atoms with Gasteiger partial charge in [-0.05, 0) is 36.4 Å². The summed E-state index contributed by atoms with van der Waals surface area (Å²) >= 11 is 5.88. The van der Waals surface area contributed by atoms with Gasteiger partial charge in [0.2, 0.25) is 5.91 Å². The molecule has 98 valence electrons. The smallest absolute Gasteiger partial charge is 0.248 e. The molecule has 2 rings (SSSR count). The number of hydrogen-bond acceptors (Lipinski definition) is 2. The van der Waals surface area contributed by atoms with Gasteiger partial charge in [0.05, 0.1) is 5.02 Å². The van der Waals surface area contributed by atoms with E-state index in [0.29, 0.717) is 21.9 Å². The van der Waals surface area contributed by atoms with E-state index in [4.69, 9.17) is 22.1 Å². The van der Waals surface area contributed by atoms with Crippen LogP contribution in [0, 0.1) is 5.82 Å². The van der Waals surface area contributed by atoms with E-state index in [0.717, 1.165) is 0 Å². The van der Waals surface area contributed by atoms with Gasteiger partial charge in [-0.15, -0.1) is 0 Å². The monoisotopic (exact) mass is 279 g/mol. The minimum atomic E-state index is -0.510. The largest absolute Gasteiger partial charge is 0.489 e. The zero-order chi connectivity index (χ0) is 13.8. The zero-order valence-corrected chi connectivity index (χ0v) is 10.7. The maximum absolute atomic E-state index is 13.5. The molecule has 0 saturated heterocycles. The summed E-state index contributed by atoms with van der Waals surface area (Å²) in [5.41, 5.74) is 5.80. The van der Waals surface area contributed by atoms with Crippen LogP contribution < -0.4 is 10.5 Å². The first-order valence-corrected chi connectivity index (χ1v) is 5.91. The summed E-state index contributed by atoms with van der Waals surface area (Å²) in [5, 5.41) is 0.314. The Morgan fingerprint density at radius 1 is 1.21 bits per heavy atom. The number of ether oxygens (including phenoxy) is 1. The highest BCUT2D eigenvalue weighted by atomic mass is 35.5. The van der Waals surface area contributed by atoms with Gasteiger partial charge in [0, 0.05) is 11.1 Å². The molecule has 0 aliphatic heterocycles. The van der Waals surface area contributed by atoms with Gasteiger partial charge in [-0.25, -0.2) is 4.39 Å². The Morgan fingerprint density at radius 2 is 1.89 bits per heavy atom. The summed E-state index contributed by atoms with van der Waals surface area (Å²) in [4.78, 5) is 10.9. The number of carbonyl (C=O) groups excluding carboxylic acids is 1. The molecule has 1 amide bonds. The van der Waals surface area contributed by atoms with E-state index in [-0.39, 0.29) is 6.61 Å². The van der Waals surface area contributed by atoms with Crippen LogP contribution in [0.2, 0.25) is 5.02 Å². The predicted octanol–water partition coefficient (Wildman–Crippen LogP) is 3.16. The second kappa shape index (κ2) is 5.71. The summed E-state index contributed by atoms with van der Waals surface area (Å²) in [7, 11) is 0. The molecule has 2 aromatic rings. The van der Waals surface area contributed by atoms with E-state index >= 15 is 0 Å². The standard InChI is InChI=1S/C14H11ClFNO2/c15-12-2-1-3-13(16)11(12)8-19-10-6-4-9(5-7-10)14(17)18/h1-7H,8H2,(H2,17,18). The molecule has 0 heterocycles. The highest BCUT2D eigenvalue weighted by molar-refractivity contribution is 6.31. The number of benzene rings is 2. The lowest BCUT2D eigenvalue weighted by atomic mass is 10.2. The maximum Gasteiger partial charge on any atom is 0.248 e. The Balaban J connectivity index is 2.08. The average molecular weight is 280 g/mol. The lowest BCUT2D eigenvalue weighted by molar-refractivity contribution is 0.100. The molecule has 3 nitrogen and oxygen atoms in total. The third-order valence-corrected chi connectivity index (χ3v) is 2.94. The molecular weight excluding hydrogens is 269 g/mol. The molecule has 0 saturated carbocycles. The highest BCUT2D eigenvalue weighted by Gasteiger charge is 2.08. The van der Waals surface area contributed by atoms with Crippen molar-refractivity contribution in [1.29, 1.82) is 0 Å². The van der Waals surface area contributed by atoms with E-state index < -0.39 is 11.7 Å². The van der Waals surface area contributed by atoms with Crippen LogP contribution in [0.1, 0.15) is 15.9 Å². The van der Waals surface area contributed by atoms with Crippen molar-refractivity contribution >= 4 is 17.5 Å². The average Bonchev–Trinajstić information content (AvgIpc) is 2.38. The molecule has 0 atom stereocenters. The van der Waals surface area contributed by atoms with E-state index in [1.165, 1.54) is 12.1 Å². The first kappa shape index (κ1) is 13.4. The predicted molar refractivity (Wildman–Crippen MR) is 70.7 cm³/mol. The first-order valence-electron chi connectivity index (χ1n) is 5.53. The summed E-state index contributed by atoms with van der Waals surface area (Å²) in [6.07, 6.45) is 0. The van der Waals surface area contributed by atoms with Crippen molar-refractivity contribution in [2.45, 2.75) is 6.61 Å². The lowest BCUT2D eigenvalue weighted by Gasteiger charge is -2.09. The molecule has 0 aliphatic carbocycles. The summed E-state index contributed by atoms with van der Waals surface area (Å²) < 4.78 is 18.9.